The largest absolute Gasteiger partial charge is 0.483 e. The van der Waals surface area contributed by atoms with Crippen LogP contribution in [0, 0.1) is 10.8 Å². The molecule has 0 aromatic heterocycles. The van der Waals surface area contributed by atoms with Crippen LogP contribution in [-0.2, 0) is 4.79 Å². The number of hydrogen-bond donors (Lipinski definition) is 2. The number of rotatable bonds is 0. The maximum absolute atomic E-state index is 8.52. The van der Waals surface area contributed by atoms with Gasteiger partial charge in [-0.05, 0) is 0 Å². The third kappa shape index (κ3) is 577. The van der Waals surface area contributed by atoms with Crippen LogP contribution < -0.4 is 9.32 Å². The second kappa shape index (κ2) is 9.16. The molecular formula is CH3ClO5. The predicted octanol–water partition coefficient (Wildman–Crippen LogP) is -3.23. The van der Waals surface area contributed by atoms with Gasteiger partial charge in [0.15, 0.2) is 0 Å². The molecule has 2 N–H and O–H groups in total. The Bertz CT molecular complexity index is 32.3. The van der Waals surface area contributed by atoms with Crippen molar-refractivity contribution >= 4 is 6.47 Å². The van der Waals surface area contributed by atoms with Crippen molar-refractivity contribution in [2.75, 3.05) is 0 Å². The molecular weight excluding hydrogens is 127 g/mol. The molecule has 0 aliphatic carbocycles. The lowest BCUT2D eigenvalue weighted by atomic mass is 11.7. The minimum atomic E-state index is -2.60. The van der Waals surface area contributed by atoms with Crippen molar-refractivity contribution in [2.45, 2.75) is 0 Å². The van der Waals surface area contributed by atoms with Crippen LogP contribution in [0.1, 0.15) is 0 Å². The third-order valence-corrected chi connectivity index (χ3v) is 0. The molecule has 44 valence electrons. The van der Waals surface area contributed by atoms with E-state index in [9.17, 15) is 0 Å². The van der Waals surface area contributed by atoms with Crippen molar-refractivity contribution in [3.63, 3.8) is 0 Å². The number of carbonyl (C=O) groups is 1. The molecule has 6 heteroatoms. The van der Waals surface area contributed by atoms with Crippen molar-refractivity contribution < 1.29 is 34.7 Å². The highest BCUT2D eigenvalue weighted by Gasteiger charge is 1.79. The van der Waals surface area contributed by atoms with Gasteiger partial charge in [0, 0.05) is 4.66 Å². The molecule has 0 aliphatic rings. The van der Waals surface area contributed by atoms with Crippen LogP contribution in [0.15, 0.2) is 0 Å². The second-order valence-corrected chi connectivity index (χ2v) is 0.708. The van der Waals surface area contributed by atoms with Crippen LogP contribution in [0.5, 0.6) is 0 Å². The Labute approximate surface area is 42.2 Å². The Balaban J connectivity index is 0. The van der Waals surface area contributed by atoms with Crippen LogP contribution >= 0.6 is 0 Å². The second-order valence-electron chi connectivity index (χ2n) is 0.306. The highest BCUT2D eigenvalue weighted by atomic mass is 35.6. The minimum absolute atomic E-state index is 0.250. The van der Waals surface area contributed by atoms with E-state index < -0.39 is 10.8 Å². The average molecular weight is 130 g/mol. The normalized spacial score (nSPS) is 6.86. The number of carboxylic acid groups (broad SMARTS) is 1. The van der Waals surface area contributed by atoms with Crippen LogP contribution in [-0.4, -0.2) is 16.2 Å². The summed E-state index contributed by atoms with van der Waals surface area (Å²) in [6, 6.07) is 0. The first-order valence-corrected chi connectivity index (χ1v) is 1.93. The maximum atomic E-state index is 8.52. The summed E-state index contributed by atoms with van der Waals surface area (Å²) in [5, 5.41) is 6.89. The summed E-state index contributed by atoms with van der Waals surface area (Å²) >= 11 is 0. The van der Waals surface area contributed by atoms with E-state index >= 15 is 0 Å². The summed E-state index contributed by atoms with van der Waals surface area (Å²) in [5.41, 5.74) is 0. The zero-order valence-electron chi connectivity index (χ0n) is 3.07. The van der Waals surface area contributed by atoms with Crippen molar-refractivity contribution in [3.8, 4) is 0 Å². The van der Waals surface area contributed by atoms with Gasteiger partial charge in [-0.15, -0.1) is 0 Å². The summed E-state index contributed by atoms with van der Waals surface area (Å²) in [6.07, 6.45) is 0. The first kappa shape index (κ1) is 9.81. The fourth-order valence-electron chi connectivity index (χ4n) is 0. The minimum Gasteiger partial charge on any atom is -0.483 e. The smallest absolute Gasteiger partial charge is 0.290 e. The molecule has 0 aliphatic heterocycles. The monoisotopic (exact) mass is 130 g/mol. The van der Waals surface area contributed by atoms with E-state index in [1.165, 1.54) is 0 Å². The van der Waals surface area contributed by atoms with E-state index in [0.717, 1.165) is 0 Å². The molecule has 0 aromatic rings. The van der Waals surface area contributed by atoms with Crippen LogP contribution in [0.2, 0.25) is 0 Å². The topological polar surface area (TPSA) is 104 Å². The van der Waals surface area contributed by atoms with Crippen molar-refractivity contribution in [1.29, 1.82) is 0 Å². The van der Waals surface area contributed by atoms with E-state index in [1.54, 1.807) is 0 Å². The maximum Gasteiger partial charge on any atom is 0.290 e. The summed E-state index contributed by atoms with van der Waals surface area (Å²) in [7, 11) is -2.60. The Morgan fingerprint density at radius 2 is 1.57 bits per heavy atom. The fraction of sp³-hybridized carbons (Fsp3) is 0. The van der Waals surface area contributed by atoms with Gasteiger partial charge in [-0.2, -0.15) is 0 Å². The van der Waals surface area contributed by atoms with Crippen molar-refractivity contribution in [3.05, 3.63) is 0 Å². The lowest BCUT2D eigenvalue weighted by Crippen LogP contribution is -2.30. The van der Waals surface area contributed by atoms with E-state index in [-0.39, 0.29) is 6.47 Å². The molecule has 5 nitrogen and oxygen atoms in total. The van der Waals surface area contributed by atoms with Gasteiger partial charge in [0.2, 0.25) is 0 Å². The predicted molar refractivity (Wildman–Crippen MR) is 10.9 cm³/mol. The van der Waals surface area contributed by atoms with E-state index in [2.05, 4.69) is 0 Å². The molecule has 0 atom stereocenters. The molecule has 0 bridgehead atoms. The first-order chi connectivity index (χ1) is 3.15. The van der Waals surface area contributed by atoms with Gasteiger partial charge in [0.25, 0.3) is 17.3 Å². The molecule has 0 radical (unpaired) electrons. The lowest BCUT2D eigenvalue weighted by molar-refractivity contribution is -1.63. The Hall–Kier alpha value is -0.360. The summed E-state index contributed by atoms with van der Waals surface area (Å²) in [5.74, 6) is 0. The van der Waals surface area contributed by atoms with E-state index in [1.807, 2.05) is 0 Å². The van der Waals surface area contributed by atoms with Gasteiger partial charge in [-0.25, -0.2) is 0 Å². The van der Waals surface area contributed by atoms with E-state index in [4.69, 9.17) is 23.9 Å². The third-order valence-electron chi connectivity index (χ3n) is 0. The summed E-state index contributed by atoms with van der Waals surface area (Å²) in [4.78, 5) is 8.36. The lowest BCUT2D eigenvalue weighted by Gasteiger charge is -1.72. The SMILES string of the molecule is O=CO.[O-][Cl+2]([O-])O. The fourth-order valence-corrected chi connectivity index (χ4v) is 0. The molecule has 0 heterocycles. The standard InChI is InChI=1S/CH2O2.ClHO3/c2-1-3;2-1(3)4/h1H,(H,2,3);2H. The number of halogens is 1. The van der Waals surface area contributed by atoms with Crippen molar-refractivity contribution in [2.24, 2.45) is 0 Å². The van der Waals surface area contributed by atoms with Gasteiger partial charge >= 0.3 is 0 Å². The van der Waals surface area contributed by atoms with Gasteiger partial charge in [-0.3, -0.25) is 4.79 Å². The van der Waals surface area contributed by atoms with E-state index in [0.29, 0.717) is 0 Å². The van der Waals surface area contributed by atoms with Gasteiger partial charge in [0.05, 0.1) is 0 Å². The van der Waals surface area contributed by atoms with Gasteiger partial charge in [0.1, 0.15) is 0 Å². The van der Waals surface area contributed by atoms with Crippen molar-refractivity contribution in [1.82, 2.24) is 0 Å². The molecule has 0 spiro atoms. The molecule has 0 fully saturated rings. The Morgan fingerprint density at radius 3 is 1.57 bits per heavy atom. The molecule has 0 saturated carbocycles. The highest BCUT2D eigenvalue weighted by molar-refractivity contribution is 5.32. The highest BCUT2D eigenvalue weighted by Crippen LogP contribution is 1.38. The van der Waals surface area contributed by atoms with Crippen LogP contribution in [0.4, 0.5) is 0 Å². The van der Waals surface area contributed by atoms with Crippen LogP contribution in [0.25, 0.3) is 0 Å². The Morgan fingerprint density at radius 1 is 1.57 bits per heavy atom. The van der Waals surface area contributed by atoms with Crippen LogP contribution in [0.3, 0.4) is 0 Å². The first-order valence-electron chi connectivity index (χ1n) is 0.972. The molecule has 0 rings (SSSR count). The molecule has 0 amide bonds. The molecule has 0 unspecified atom stereocenters. The number of hydrogen-bond acceptors (Lipinski definition) is 4. The zero-order valence-corrected chi connectivity index (χ0v) is 3.83. The molecule has 0 aromatic carbocycles. The quantitative estimate of drug-likeness (QED) is 0.336. The average Bonchev–Trinajstić information content (AvgIpc) is 1.33. The molecule has 7 heavy (non-hydrogen) atoms. The molecule has 0 saturated heterocycles. The summed E-state index contributed by atoms with van der Waals surface area (Å²) in [6.45, 7) is -0.250. The van der Waals surface area contributed by atoms with Gasteiger partial charge < -0.3 is 14.4 Å². The Kier molecular flexibility index (Phi) is 12.8. The summed E-state index contributed by atoms with van der Waals surface area (Å²) < 4.78 is 24.0. The van der Waals surface area contributed by atoms with Gasteiger partial charge in [-0.1, -0.05) is 0 Å². The zero-order chi connectivity index (χ0) is 6.28.